The van der Waals surface area contributed by atoms with Crippen LogP contribution >= 0.6 is 0 Å². The summed E-state index contributed by atoms with van der Waals surface area (Å²) in [5.74, 6) is -0.435. The van der Waals surface area contributed by atoms with E-state index in [9.17, 15) is 13.6 Å². The Kier molecular flexibility index (Phi) is 4.46. The SMILES string of the molecule is Cc1nn(-c2cccc(C(=O)N(C)c3ccc4c(c3)OC(F)(F)O4)c2)c2c1CCCC2. The van der Waals surface area contributed by atoms with Crippen molar-refractivity contribution in [2.75, 3.05) is 11.9 Å². The lowest BCUT2D eigenvalue weighted by Crippen LogP contribution is -2.26. The molecule has 31 heavy (non-hydrogen) atoms. The molecule has 3 aromatic rings. The Bertz CT molecular complexity index is 1190. The average molecular weight is 425 g/mol. The van der Waals surface area contributed by atoms with Gasteiger partial charge in [-0.05, 0) is 68.5 Å². The number of rotatable bonds is 3. The predicted molar refractivity (Wildman–Crippen MR) is 110 cm³/mol. The average Bonchev–Trinajstić information content (AvgIpc) is 3.27. The number of hydrogen-bond acceptors (Lipinski definition) is 4. The van der Waals surface area contributed by atoms with Gasteiger partial charge in [0.25, 0.3) is 5.91 Å². The fourth-order valence-corrected chi connectivity index (χ4v) is 4.23. The molecular weight excluding hydrogens is 404 g/mol. The van der Waals surface area contributed by atoms with Gasteiger partial charge in [-0.3, -0.25) is 4.79 Å². The molecule has 2 aliphatic rings. The number of benzene rings is 2. The maximum absolute atomic E-state index is 13.3. The molecule has 1 aliphatic carbocycles. The van der Waals surface area contributed by atoms with E-state index >= 15 is 0 Å². The van der Waals surface area contributed by atoms with Gasteiger partial charge in [-0.2, -0.15) is 5.10 Å². The maximum atomic E-state index is 13.3. The van der Waals surface area contributed by atoms with Gasteiger partial charge in [-0.1, -0.05) is 6.07 Å². The topological polar surface area (TPSA) is 56.6 Å². The fourth-order valence-electron chi connectivity index (χ4n) is 4.23. The molecule has 1 aliphatic heterocycles. The Hall–Kier alpha value is -3.42. The number of fused-ring (bicyclic) bond motifs is 2. The summed E-state index contributed by atoms with van der Waals surface area (Å²) < 4.78 is 37.4. The van der Waals surface area contributed by atoms with E-state index in [1.807, 2.05) is 23.7 Å². The van der Waals surface area contributed by atoms with E-state index in [4.69, 9.17) is 5.10 Å². The van der Waals surface area contributed by atoms with Gasteiger partial charge in [0, 0.05) is 30.1 Å². The third kappa shape index (κ3) is 3.41. The van der Waals surface area contributed by atoms with Crippen LogP contribution in [-0.4, -0.2) is 29.0 Å². The second-order valence-electron chi connectivity index (χ2n) is 7.84. The quantitative estimate of drug-likeness (QED) is 0.613. The zero-order chi connectivity index (χ0) is 21.8. The highest BCUT2D eigenvalue weighted by atomic mass is 19.3. The third-order valence-corrected chi connectivity index (χ3v) is 5.80. The number of amides is 1. The monoisotopic (exact) mass is 425 g/mol. The summed E-state index contributed by atoms with van der Waals surface area (Å²) in [7, 11) is 1.59. The van der Waals surface area contributed by atoms with Crippen molar-refractivity contribution in [1.29, 1.82) is 0 Å². The first-order chi connectivity index (χ1) is 14.8. The van der Waals surface area contributed by atoms with E-state index in [0.29, 0.717) is 11.3 Å². The van der Waals surface area contributed by atoms with Crippen LogP contribution in [0.1, 0.15) is 40.2 Å². The lowest BCUT2D eigenvalue weighted by molar-refractivity contribution is -0.286. The summed E-state index contributed by atoms with van der Waals surface area (Å²) in [5.41, 5.74) is 5.26. The van der Waals surface area contributed by atoms with Crippen LogP contribution in [-0.2, 0) is 12.8 Å². The minimum absolute atomic E-state index is 0.0598. The first-order valence-electron chi connectivity index (χ1n) is 10.2. The summed E-state index contributed by atoms with van der Waals surface area (Å²) in [6.07, 6.45) is 0.605. The van der Waals surface area contributed by atoms with Gasteiger partial charge in [-0.15, -0.1) is 8.78 Å². The van der Waals surface area contributed by atoms with Crippen molar-refractivity contribution in [3.8, 4) is 17.2 Å². The standard InChI is InChI=1S/C23H21F2N3O3/c1-14-18-8-3-4-9-19(18)28(26-14)17-7-5-6-15(12-17)22(29)27(2)16-10-11-20-21(13-16)31-23(24,25)30-20/h5-7,10-13H,3-4,8-9H2,1-2H3. The molecule has 2 aromatic carbocycles. The molecule has 0 saturated heterocycles. The van der Waals surface area contributed by atoms with Crippen molar-refractivity contribution in [3.05, 3.63) is 65.0 Å². The van der Waals surface area contributed by atoms with Crippen LogP contribution < -0.4 is 14.4 Å². The van der Waals surface area contributed by atoms with E-state index in [0.717, 1.165) is 30.6 Å². The van der Waals surface area contributed by atoms with E-state index < -0.39 is 6.29 Å². The van der Waals surface area contributed by atoms with Crippen molar-refractivity contribution in [1.82, 2.24) is 9.78 Å². The molecule has 0 saturated carbocycles. The van der Waals surface area contributed by atoms with Crippen molar-refractivity contribution < 1.29 is 23.0 Å². The summed E-state index contributed by atoms with van der Waals surface area (Å²) in [4.78, 5) is 14.5. The number of halogens is 2. The van der Waals surface area contributed by atoms with Crippen LogP contribution in [0.15, 0.2) is 42.5 Å². The lowest BCUT2D eigenvalue weighted by Gasteiger charge is -2.19. The van der Waals surface area contributed by atoms with Crippen LogP contribution in [0.4, 0.5) is 14.5 Å². The Morgan fingerprint density at radius 3 is 2.71 bits per heavy atom. The number of aromatic nitrogens is 2. The van der Waals surface area contributed by atoms with E-state index in [2.05, 4.69) is 9.47 Å². The predicted octanol–water partition coefficient (Wildman–Crippen LogP) is 4.66. The zero-order valence-corrected chi connectivity index (χ0v) is 17.2. The number of carbonyl (C=O) groups excluding carboxylic acids is 1. The first-order valence-corrected chi connectivity index (χ1v) is 10.2. The van der Waals surface area contributed by atoms with Crippen molar-refractivity contribution in [2.45, 2.75) is 38.9 Å². The van der Waals surface area contributed by atoms with Crippen LogP contribution in [0.3, 0.4) is 0 Å². The minimum Gasteiger partial charge on any atom is -0.395 e. The van der Waals surface area contributed by atoms with Gasteiger partial charge in [0.2, 0.25) is 0 Å². The van der Waals surface area contributed by atoms with Gasteiger partial charge < -0.3 is 14.4 Å². The molecule has 0 radical (unpaired) electrons. The number of aryl methyl sites for hydroxylation is 1. The molecule has 2 heterocycles. The van der Waals surface area contributed by atoms with Crippen LogP contribution in [0.5, 0.6) is 11.5 Å². The Morgan fingerprint density at radius 2 is 1.87 bits per heavy atom. The molecule has 160 valence electrons. The molecule has 1 amide bonds. The highest BCUT2D eigenvalue weighted by Gasteiger charge is 2.43. The second-order valence-corrected chi connectivity index (χ2v) is 7.84. The summed E-state index contributed by atoms with van der Waals surface area (Å²) in [6, 6.07) is 11.6. The summed E-state index contributed by atoms with van der Waals surface area (Å²) >= 11 is 0. The Labute approximate surface area is 178 Å². The second kappa shape index (κ2) is 7.08. The minimum atomic E-state index is -3.70. The summed E-state index contributed by atoms with van der Waals surface area (Å²) in [6.45, 7) is 2.02. The third-order valence-electron chi connectivity index (χ3n) is 5.80. The molecule has 0 spiro atoms. The molecule has 0 atom stereocenters. The van der Waals surface area contributed by atoms with E-state index in [1.54, 1.807) is 25.2 Å². The molecular formula is C23H21F2N3O3. The highest BCUT2D eigenvalue weighted by Crippen LogP contribution is 2.42. The van der Waals surface area contributed by atoms with Gasteiger partial charge in [0.1, 0.15) is 0 Å². The molecule has 0 fully saturated rings. The van der Waals surface area contributed by atoms with Gasteiger partial charge in [-0.25, -0.2) is 4.68 Å². The molecule has 1 aromatic heterocycles. The van der Waals surface area contributed by atoms with Gasteiger partial charge in [0.15, 0.2) is 11.5 Å². The Balaban J connectivity index is 1.44. The fraction of sp³-hybridized carbons (Fsp3) is 0.304. The van der Waals surface area contributed by atoms with E-state index in [1.165, 1.54) is 34.7 Å². The van der Waals surface area contributed by atoms with E-state index in [-0.39, 0.29) is 17.4 Å². The number of alkyl halides is 2. The van der Waals surface area contributed by atoms with Gasteiger partial charge >= 0.3 is 6.29 Å². The lowest BCUT2D eigenvalue weighted by atomic mass is 9.96. The van der Waals surface area contributed by atoms with Crippen LogP contribution in [0.25, 0.3) is 5.69 Å². The maximum Gasteiger partial charge on any atom is 0.586 e. The zero-order valence-electron chi connectivity index (χ0n) is 17.2. The number of nitrogens with zero attached hydrogens (tertiary/aromatic N) is 3. The van der Waals surface area contributed by atoms with Crippen molar-refractivity contribution >= 4 is 11.6 Å². The molecule has 0 unspecified atom stereocenters. The number of anilines is 1. The highest BCUT2D eigenvalue weighted by molar-refractivity contribution is 6.06. The van der Waals surface area contributed by atoms with Crippen LogP contribution in [0, 0.1) is 6.92 Å². The largest absolute Gasteiger partial charge is 0.586 e. The first kappa shape index (κ1) is 19.5. The smallest absolute Gasteiger partial charge is 0.395 e. The van der Waals surface area contributed by atoms with Crippen molar-refractivity contribution in [3.63, 3.8) is 0 Å². The molecule has 0 N–H and O–H groups in total. The molecule has 5 rings (SSSR count). The molecule has 8 heteroatoms. The van der Waals surface area contributed by atoms with Crippen LogP contribution in [0.2, 0.25) is 0 Å². The Morgan fingerprint density at radius 1 is 1.10 bits per heavy atom. The normalized spacial score (nSPS) is 16.1. The number of hydrogen-bond donors (Lipinski definition) is 0. The van der Waals surface area contributed by atoms with Gasteiger partial charge in [0.05, 0.1) is 11.4 Å². The van der Waals surface area contributed by atoms with Crippen molar-refractivity contribution in [2.24, 2.45) is 0 Å². The number of ether oxygens (including phenoxy) is 2. The molecule has 6 nitrogen and oxygen atoms in total. The molecule has 0 bridgehead atoms. The summed E-state index contributed by atoms with van der Waals surface area (Å²) in [5, 5.41) is 4.71. The number of carbonyl (C=O) groups is 1.